The first-order valence-electron chi connectivity index (χ1n) is 6.14. The lowest BCUT2D eigenvalue weighted by molar-refractivity contribution is 0.185. The number of benzene rings is 1. The third kappa shape index (κ3) is 2.28. The molecule has 1 saturated heterocycles. The smallest absolute Gasteiger partial charge is 0.0472 e. The molecular weight excluding hydrogens is 198 g/mol. The molecule has 0 bridgehead atoms. The van der Waals surface area contributed by atoms with Gasteiger partial charge in [0.1, 0.15) is 0 Å². The predicted octanol–water partition coefficient (Wildman–Crippen LogP) is 2.45. The number of hydrogen-bond donors (Lipinski definition) is 1. The molecule has 88 valence electrons. The van der Waals surface area contributed by atoms with Crippen molar-refractivity contribution in [3.8, 4) is 0 Å². The van der Waals surface area contributed by atoms with Crippen molar-refractivity contribution < 1.29 is 5.11 Å². The van der Waals surface area contributed by atoms with Crippen LogP contribution in [0.3, 0.4) is 0 Å². The second-order valence-electron chi connectivity index (χ2n) is 4.92. The molecule has 3 atom stereocenters. The number of rotatable bonds is 3. The summed E-state index contributed by atoms with van der Waals surface area (Å²) in [5.74, 6) is 0.459. The normalized spacial score (nSPS) is 28.2. The van der Waals surface area contributed by atoms with Gasteiger partial charge in [-0.15, -0.1) is 0 Å². The third-order valence-corrected chi connectivity index (χ3v) is 3.75. The van der Waals surface area contributed by atoms with Gasteiger partial charge >= 0.3 is 0 Å². The summed E-state index contributed by atoms with van der Waals surface area (Å²) in [7, 11) is 0. The van der Waals surface area contributed by atoms with Crippen LogP contribution in [-0.4, -0.2) is 29.2 Å². The quantitative estimate of drug-likeness (QED) is 0.844. The van der Waals surface area contributed by atoms with Gasteiger partial charge in [0.05, 0.1) is 0 Å². The van der Waals surface area contributed by atoms with Crippen LogP contribution in [0.15, 0.2) is 30.3 Å². The maximum atomic E-state index is 9.23. The molecule has 16 heavy (non-hydrogen) atoms. The molecule has 0 amide bonds. The van der Waals surface area contributed by atoms with E-state index < -0.39 is 0 Å². The summed E-state index contributed by atoms with van der Waals surface area (Å²) in [5.41, 5.74) is 1.37. The summed E-state index contributed by atoms with van der Waals surface area (Å²) in [6, 6.07) is 11.6. The molecule has 2 unspecified atom stereocenters. The van der Waals surface area contributed by atoms with Gasteiger partial charge in [0.25, 0.3) is 0 Å². The van der Waals surface area contributed by atoms with E-state index in [1.165, 1.54) is 5.56 Å². The van der Waals surface area contributed by atoms with Crippen molar-refractivity contribution in [1.82, 2.24) is 4.90 Å². The van der Waals surface area contributed by atoms with Crippen molar-refractivity contribution in [2.75, 3.05) is 13.2 Å². The van der Waals surface area contributed by atoms with E-state index in [9.17, 15) is 5.11 Å². The second-order valence-corrected chi connectivity index (χ2v) is 4.92. The molecule has 0 aromatic heterocycles. The maximum absolute atomic E-state index is 9.23. The summed E-state index contributed by atoms with van der Waals surface area (Å²) >= 11 is 0. The van der Waals surface area contributed by atoms with Crippen LogP contribution >= 0.6 is 0 Å². The number of hydrogen-bond acceptors (Lipinski definition) is 2. The highest BCUT2D eigenvalue weighted by atomic mass is 16.3. The fourth-order valence-electron chi connectivity index (χ4n) is 2.77. The Morgan fingerprint density at radius 3 is 2.62 bits per heavy atom. The molecule has 0 aliphatic carbocycles. The molecule has 1 N–H and O–H groups in total. The van der Waals surface area contributed by atoms with Gasteiger partial charge in [-0.25, -0.2) is 0 Å². The van der Waals surface area contributed by atoms with Crippen LogP contribution in [0.2, 0.25) is 0 Å². The van der Waals surface area contributed by atoms with Crippen molar-refractivity contribution in [2.24, 2.45) is 5.92 Å². The Bertz CT molecular complexity index is 325. The third-order valence-electron chi connectivity index (χ3n) is 3.75. The van der Waals surface area contributed by atoms with E-state index >= 15 is 0 Å². The first-order valence-corrected chi connectivity index (χ1v) is 6.14. The Morgan fingerprint density at radius 1 is 1.38 bits per heavy atom. The van der Waals surface area contributed by atoms with Crippen LogP contribution in [-0.2, 0) is 0 Å². The first-order chi connectivity index (χ1) is 7.72. The molecule has 1 heterocycles. The molecule has 1 aliphatic rings. The lowest BCUT2D eigenvalue weighted by Crippen LogP contribution is -2.30. The summed E-state index contributed by atoms with van der Waals surface area (Å²) < 4.78 is 0. The molecule has 0 radical (unpaired) electrons. The van der Waals surface area contributed by atoms with E-state index in [4.69, 9.17) is 0 Å². The Morgan fingerprint density at radius 2 is 2.06 bits per heavy atom. The van der Waals surface area contributed by atoms with Crippen LogP contribution in [0.1, 0.15) is 31.9 Å². The van der Waals surface area contributed by atoms with Crippen molar-refractivity contribution in [3.05, 3.63) is 35.9 Å². The van der Waals surface area contributed by atoms with Crippen LogP contribution in [0.25, 0.3) is 0 Å². The minimum absolute atomic E-state index is 0.322. The summed E-state index contributed by atoms with van der Waals surface area (Å²) in [4.78, 5) is 2.50. The minimum atomic E-state index is 0.322. The van der Waals surface area contributed by atoms with E-state index in [0.29, 0.717) is 24.6 Å². The zero-order valence-electron chi connectivity index (χ0n) is 10.1. The zero-order valence-corrected chi connectivity index (χ0v) is 10.1. The zero-order chi connectivity index (χ0) is 11.5. The molecule has 1 aliphatic heterocycles. The lowest BCUT2D eigenvalue weighted by Gasteiger charge is -2.28. The van der Waals surface area contributed by atoms with E-state index in [1.54, 1.807) is 0 Å². The molecular formula is C14H21NO. The monoisotopic (exact) mass is 219 g/mol. The van der Waals surface area contributed by atoms with E-state index in [-0.39, 0.29) is 0 Å². The predicted molar refractivity (Wildman–Crippen MR) is 66.2 cm³/mol. The summed E-state index contributed by atoms with van der Waals surface area (Å²) in [6.45, 7) is 5.86. The molecule has 1 aromatic carbocycles. The highest BCUT2D eigenvalue weighted by Crippen LogP contribution is 2.31. The van der Waals surface area contributed by atoms with Crippen molar-refractivity contribution in [1.29, 1.82) is 0 Å². The first kappa shape index (κ1) is 11.6. The fourth-order valence-corrected chi connectivity index (χ4v) is 2.77. The molecule has 1 aromatic rings. The van der Waals surface area contributed by atoms with Crippen LogP contribution < -0.4 is 0 Å². The topological polar surface area (TPSA) is 23.5 Å². The van der Waals surface area contributed by atoms with Gasteiger partial charge in [-0.2, -0.15) is 0 Å². The van der Waals surface area contributed by atoms with E-state index in [2.05, 4.69) is 49.1 Å². The van der Waals surface area contributed by atoms with Gasteiger partial charge in [-0.1, -0.05) is 30.3 Å². The molecule has 0 spiro atoms. The Labute approximate surface area is 97.9 Å². The lowest BCUT2D eigenvalue weighted by atomic mass is 10.1. The Hall–Kier alpha value is -0.860. The van der Waals surface area contributed by atoms with Crippen molar-refractivity contribution >= 4 is 0 Å². The van der Waals surface area contributed by atoms with E-state index in [0.717, 1.165) is 13.0 Å². The molecule has 0 saturated carbocycles. The summed E-state index contributed by atoms with van der Waals surface area (Å²) in [5, 5.41) is 9.23. The van der Waals surface area contributed by atoms with Gasteiger partial charge < -0.3 is 5.11 Å². The standard InChI is InChI=1S/C14H21NO/c1-11-8-13(10-16)9-15(11)12(2)14-6-4-3-5-7-14/h3-7,11-13,16H,8-10H2,1-2H3/t11?,12-,13?/m0/s1. The van der Waals surface area contributed by atoms with Crippen LogP contribution in [0, 0.1) is 5.92 Å². The summed E-state index contributed by atoms with van der Waals surface area (Å²) in [6.07, 6.45) is 1.12. The molecule has 2 nitrogen and oxygen atoms in total. The number of likely N-dealkylation sites (tertiary alicyclic amines) is 1. The number of nitrogens with zero attached hydrogens (tertiary/aromatic N) is 1. The number of aliphatic hydroxyl groups is 1. The van der Waals surface area contributed by atoms with Gasteiger partial charge in [-0.05, 0) is 31.7 Å². The van der Waals surface area contributed by atoms with Gasteiger partial charge in [-0.3, -0.25) is 4.90 Å². The van der Waals surface area contributed by atoms with Crippen molar-refractivity contribution in [2.45, 2.75) is 32.4 Å². The van der Waals surface area contributed by atoms with Gasteiger partial charge in [0, 0.05) is 25.2 Å². The maximum Gasteiger partial charge on any atom is 0.0472 e. The van der Waals surface area contributed by atoms with Crippen LogP contribution in [0.5, 0.6) is 0 Å². The van der Waals surface area contributed by atoms with E-state index in [1.807, 2.05) is 0 Å². The minimum Gasteiger partial charge on any atom is -0.396 e. The van der Waals surface area contributed by atoms with Crippen molar-refractivity contribution in [3.63, 3.8) is 0 Å². The second kappa shape index (κ2) is 4.98. The highest BCUT2D eigenvalue weighted by molar-refractivity contribution is 5.18. The fraction of sp³-hybridized carbons (Fsp3) is 0.571. The van der Waals surface area contributed by atoms with Gasteiger partial charge in [0.2, 0.25) is 0 Å². The average Bonchev–Trinajstić information content (AvgIpc) is 2.71. The Kier molecular flexibility index (Phi) is 3.62. The Balaban J connectivity index is 2.08. The average molecular weight is 219 g/mol. The molecule has 2 heteroatoms. The SMILES string of the molecule is CC1CC(CO)CN1[C@@H](C)c1ccccc1. The van der Waals surface area contributed by atoms with Gasteiger partial charge in [0.15, 0.2) is 0 Å². The van der Waals surface area contributed by atoms with Crippen LogP contribution in [0.4, 0.5) is 0 Å². The molecule has 2 rings (SSSR count). The molecule has 1 fully saturated rings. The largest absolute Gasteiger partial charge is 0.396 e. The number of aliphatic hydroxyl groups excluding tert-OH is 1. The highest BCUT2D eigenvalue weighted by Gasteiger charge is 2.31.